The van der Waals surface area contributed by atoms with Crippen LogP contribution in [0.15, 0.2) is 218 Å². The molecule has 2 aliphatic heterocycles. The lowest BCUT2D eigenvalue weighted by Crippen LogP contribution is -2.32. The third-order valence-corrected chi connectivity index (χ3v) is 13.3. The van der Waals surface area contributed by atoms with Gasteiger partial charge < -0.3 is 10.1 Å². The molecule has 1 spiro atoms. The highest BCUT2D eigenvalue weighted by atomic mass is 16.5. The summed E-state index contributed by atoms with van der Waals surface area (Å²) in [4.78, 5) is 14.9. The highest BCUT2D eigenvalue weighted by Gasteiger charge is 2.52. The Kier molecular flexibility index (Phi) is 8.12. The molecule has 5 heteroatoms. The molecule has 64 heavy (non-hydrogen) atoms. The van der Waals surface area contributed by atoms with Gasteiger partial charge in [-0.25, -0.2) is 15.0 Å². The zero-order chi connectivity index (χ0) is 42.2. The van der Waals surface area contributed by atoms with E-state index in [-0.39, 0.29) is 6.04 Å². The average molecular weight is 819 g/mol. The zero-order valence-electron chi connectivity index (χ0n) is 34.6. The Labute approximate surface area is 371 Å². The summed E-state index contributed by atoms with van der Waals surface area (Å²) >= 11 is 0. The maximum atomic E-state index is 6.72. The molecule has 300 valence electrons. The van der Waals surface area contributed by atoms with Crippen LogP contribution in [0.1, 0.15) is 39.4 Å². The second-order valence-electron chi connectivity index (χ2n) is 16.7. The van der Waals surface area contributed by atoms with Crippen molar-refractivity contribution in [1.29, 1.82) is 0 Å². The van der Waals surface area contributed by atoms with E-state index in [2.05, 4.69) is 163 Å². The van der Waals surface area contributed by atoms with Gasteiger partial charge in [0.15, 0.2) is 17.5 Å². The third-order valence-electron chi connectivity index (χ3n) is 13.3. The first-order valence-corrected chi connectivity index (χ1v) is 21.8. The van der Waals surface area contributed by atoms with Gasteiger partial charge >= 0.3 is 0 Å². The number of ether oxygens (including phenoxy) is 1. The molecule has 1 atom stereocenters. The van der Waals surface area contributed by atoms with Gasteiger partial charge in [0.25, 0.3) is 0 Å². The lowest BCUT2D eigenvalue weighted by atomic mass is 9.65. The van der Waals surface area contributed by atoms with Crippen LogP contribution in [0.4, 0.5) is 5.69 Å². The fourth-order valence-electron chi connectivity index (χ4n) is 10.4. The van der Waals surface area contributed by atoms with Crippen LogP contribution < -0.4 is 10.1 Å². The van der Waals surface area contributed by atoms with Crippen LogP contribution in [-0.2, 0) is 5.41 Å². The van der Waals surface area contributed by atoms with E-state index < -0.39 is 5.41 Å². The summed E-state index contributed by atoms with van der Waals surface area (Å²) in [6.07, 6.45) is 0. The molecule has 5 nitrogen and oxygen atoms in total. The first-order valence-electron chi connectivity index (χ1n) is 21.8. The topological polar surface area (TPSA) is 59.9 Å². The number of hydrogen-bond acceptors (Lipinski definition) is 5. The molecule has 1 N–H and O–H groups in total. The van der Waals surface area contributed by atoms with Crippen molar-refractivity contribution in [2.75, 3.05) is 5.32 Å². The highest BCUT2D eigenvalue weighted by Crippen LogP contribution is 2.65. The van der Waals surface area contributed by atoms with Crippen molar-refractivity contribution in [3.63, 3.8) is 0 Å². The molecule has 0 amide bonds. The number of aromatic nitrogens is 3. The number of rotatable bonds is 5. The van der Waals surface area contributed by atoms with Crippen molar-refractivity contribution >= 4 is 5.69 Å². The van der Waals surface area contributed by atoms with Crippen molar-refractivity contribution in [2.24, 2.45) is 0 Å². The number of nitrogens with one attached hydrogen (secondary N) is 1. The SMILES string of the molecule is c1ccc(-c2nc(-c3ccccc3)nc(-c3ccc(-c4ccc5c(c4)-c4c(ccc6c4-c4ccccc4NC6c4ccccc4)C54c5ccccc5Oc5ccccc54)cc3)n2)cc1. The van der Waals surface area contributed by atoms with Gasteiger partial charge in [-0.2, -0.15) is 0 Å². The van der Waals surface area contributed by atoms with Crippen molar-refractivity contribution in [2.45, 2.75) is 11.5 Å². The van der Waals surface area contributed by atoms with Crippen LogP contribution in [0.25, 0.3) is 67.5 Å². The molecule has 1 aliphatic carbocycles. The Hall–Kier alpha value is -8.41. The summed E-state index contributed by atoms with van der Waals surface area (Å²) in [7, 11) is 0. The van der Waals surface area contributed by atoms with E-state index in [1.807, 2.05) is 60.7 Å². The summed E-state index contributed by atoms with van der Waals surface area (Å²) in [5.74, 6) is 3.68. The summed E-state index contributed by atoms with van der Waals surface area (Å²) in [6.45, 7) is 0. The van der Waals surface area contributed by atoms with Gasteiger partial charge in [0, 0.05) is 39.1 Å². The van der Waals surface area contributed by atoms with Gasteiger partial charge in [0.2, 0.25) is 0 Å². The Morgan fingerprint density at radius 1 is 0.375 bits per heavy atom. The van der Waals surface area contributed by atoms with Crippen LogP contribution in [0.5, 0.6) is 11.5 Å². The Balaban J connectivity index is 1.02. The summed E-state index contributed by atoms with van der Waals surface area (Å²) in [5.41, 5.74) is 17.8. The molecule has 13 rings (SSSR count). The molecular weight excluding hydrogens is 781 g/mol. The predicted octanol–water partition coefficient (Wildman–Crippen LogP) is 14.2. The molecule has 3 heterocycles. The van der Waals surface area contributed by atoms with Gasteiger partial charge in [0.05, 0.1) is 11.5 Å². The van der Waals surface area contributed by atoms with Crippen molar-refractivity contribution < 1.29 is 4.74 Å². The minimum absolute atomic E-state index is 0.0263. The van der Waals surface area contributed by atoms with Crippen LogP contribution in [0.2, 0.25) is 0 Å². The van der Waals surface area contributed by atoms with E-state index in [1.54, 1.807) is 0 Å². The number of nitrogens with zero attached hydrogens (tertiary/aromatic N) is 3. The van der Waals surface area contributed by atoms with E-state index in [0.717, 1.165) is 56.1 Å². The second-order valence-corrected chi connectivity index (χ2v) is 16.7. The van der Waals surface area contributed by atoms with Gasteiger partial charge in [-0.05, 0) is 74.3 Å². The van der Waals surface area contributed by atoms with Crippen LogP contribution in [0, 0.1) is 0 Å². The zero-order valence-corrected chi connectivity index (χ0v) is 34.6. The summed E-state index contributed by atoms with van der Waals surface area (Å²) in [6, 6.07) is 77.5. The number of benzene rings is 9. The van der Waals surface area contributed by atoms with E-state index in [9.17, 15) is 0 Å². The normalized spacial score (nSPS) is 14.5. The van der Waals surface area contributed by atoms with Crippen LogP contribution in [-0.4, -0.2) is 15.0 Å². The number of hydrogen-bond donors (Lipinski definition) is 1. The molecule has 10 aromatic rings. The molecular formula is C59H38N4O. The molecule has 0 bridgehead atoms. The molecule has 1 unspecified atom stereocenters. The monoisotopic (exact) mass is 818 g/mol. The highest BCUT2D eigenvalue weighted by molar-refractivity contribution is 6.02. The minimum Gasteiger partial charge on any atom is -0.457 e. The van der Waals surface area contributed by atoms with Gasteiger partial charge in [-0.1, -0.05) is 194 Å². The Morgan fingerprint density at radius 3 is 1.52 bits per heavy atom. The average Bonchev–Trinajstić information content (AvgIpc) is 3.66. The van der Waals surface area contributed by atoms with Crippen molar-refractivity contribution in [3.8, 4) is 79.0 Å². The summed E-state index contributed by atoms with van der Waals surface area (Å²) in [5, 5.41) is 3.93. The van der Waals surface area contributed by atoms with E-state index in [0.29, 0.717) is 17.5 Å². The van der Waals surface area contributed by atoms with Crippen molar-refractivity contribution in [1.82, 2.24) is 15.0 Å². The standard InChI is InChI=1S/C59H38N4O/c1-4-16-38(17-5-1)55-44-33-35-49-54(53(44)43-22-10-13-25-50(43)60-55)45-36-42(32-34-46(45)59(49)47-23-11-14-26-51(47)64-52-27-15-12-24-48(52)59)37-28-30-41(31-29-37)58-62-56(39-18-6-2-7-19-39)61-57(63-58)40-20-8-3-9-21-40/h1-36,55,60H. The Bertz CT molecular complexity index is 3340. The number of anilines is 1. The van der Waals surface area contributed by atoms with Gasteiger partial charge in [-0.3, -0.25) is 0 Å². The van der Waals surface area contributed by atoms with E-state index in [1.165, 1.54) is 44.5 Å². The van der Waals surface area contributed by atoms with Crippen molar-refractivity contribution in [3.05, 3.63) is 252 Å². The summed E-state index contributed by atoms with van der Waals surface area (Å²) < 4.78 is 6.72. The smallest absolute Gasteiger partial charge is 0.164 e. The fraction of sp³-hybridized carbons (Fsp3) is 0.0339. The first-order chi connectivity index (χ1) is 31.7. The lowest BCUT2D eigenvalue weighted by Gasteiger charge is -2.40. The molecule has 9 aromatic carbocycles. The van der Waals surface area contributed by atoms with E-state index >= 15 is 0 Å². The molecule has 0 fully saturated rings. The van der Waals surface area contributed by atoms with E-state index in [4.69, 9.17) is 19.7 Å². The first kappa shape index (κ1) is 36.3. The molecule has 0 radical (unpaired) electrons. The maximum Gasteiger partial charge on any atom is 0.164 e. The lowest BCUT2D eigenvalue weighted by molar-refractivity contribution is 0.436. The fourth-order valence-corrected chi connectivity index (χ4v) is 10.4. The molecule has 0 saturated heterocycles. The van der Waals surface area contributed by atoms with Gasteiger partial charge in [0.1, 0.15) is 11.5 Å². The maximum absolute atomic E-state index is 6.72. The molecule has 3 aliphatic rings. The number of fused-ring (bicyclic) bond motifs is 13. The number of para-hydroxylation sites is 3. The second kappa shape index (κ2) is 14.3. The molecule has 1 aromatic heterocycles. The van der Waals surface area contributed by atoms with Gasteiger partial charge in [-0.15, -0.1) is 0 Å². The predicted molar refractivity (Wildman–Crippen MR) is 256 cm³/mol. The third kappa shape index (κ3) is 5.47. The Morgan fingerprint density at radius 2 is 0.875 bits per heavy atom. The van der Waals surface area contributed by atoms with Crippen LogP contribution in [0.3, 0.4) is 0 Å². The minimum atomic E-state index is -0.610. The molecule has 0 saturated carbocycles. The largest absolute Gasteiger partial charge is 0.457 e. The quantitative estimate of drug-likeness (QED) is 0.187. The van der Waals surface area contributed by atoms with Crippen LogP contribution >= 0.6 is 0 Å².